The summed E-state index contributed by atoms with van der Waals surface area (Å²) in [6.07, 6.45) is 3.12. The summed E-state index contributed by atoms with van der Waals surface area (Å²) in [5.74, 6) is -0.219. The van der Waals surface area contributed by atoms with Gasteiger partial charge in [-0.1, -0.05) is 39.0 Å². The second-order valence-electron chi connectivity index (χ2n) is 10.4. The Bertz CT molecular complexity index is 1340. The molecule has 1 saturated heterocycles. The second kappa shape index (κ2) is 10.7. The third kappa shape index (κ3) is 5.29. The quantitative estimate of drug-likeness (QED) is 0.329. The lowest BCUT2D eigenvalue weighted by Gasteiger charge is -2.40. The Morgan fingerprint density at radius 2 is 1.92 bits per heavy atom. The van der Waals surface area contributed by atoms with E-state index in [9.17, 15) is 14.4 Å². The number of amides is 4. The number of hydrogen-bond acceptors (Lipinski definition) is 5. The van der Waals surface area contributed by atoms with Crippen LogP contribution in [0.15, 0.2) is 42.6 Å². The predicted octanol–water partition coefficient (Wildman–Crippen LogP) is 4.45. The van der Waals surface area contributed by atoms with Crippen LogP contribution in [-0.2, 0) is 11.3 Å². The molecule has 0 aliphatic carbocycles. The summed E-state index contributed by atoms with van der Waals surface area (Å²) in [6, 6.07) is 11.2. The standard InChI is InChI=1S/C28H34N6O4/c1-17(2)23-13-22(12-20-15-30-32-25(20)23)38-26(35)18(3)14-29-27(36)33-10-8-21(9-11-33)34-16-19-6-4-5-7-24(19)31-28(34)37/h4-7,12-13,15,17-18,21H,8-11,14,16H2,1-3H3,(H,29,36)(H,30,32)(H,31,37). The minimum Gasteiger partial charge on any atom is -0.426 e. The first kappa shape index (κ1) is 25.6. The summed E-state index contributed by atoms with van der Waals surface area (Å²) in [5, 5.41) is 13.8. The zero-order chi connectivity index (χ0) is 26.8. The molecule has 5 rings (SSSR count). The van der Waals surface area contributed by atoms with E-state index in [-0.39, 0.29) is 30.6 Å². The molecule has 3 N–H and O–H groups in total. The lowest BCUT2D eigenvalue weighted by molar-refractivity contribution is -0.138. The average Bonchev–Trinajstić information content (AvgIpc) is 3.39. The van der Waals surface area contributed by atoms with Crippen LogP contribution in [-0.4, -0.2) is 63.7 Å². The van der Waals surface area contributed by atoms with Crippen LogP contribution in [0, 0.1) is 5.92 Å². The van der Waals surface area contributed by atoms with Crippen LogP contribution < -0.4 is 15.4 Å². The maximum atomic E-state index is 12.8. The number of carbonyl (C=O) groups excluding carboxylic acids is 3. The molecular weight excluding hydrogens is 484 g/mol. The molecule has 1 aromatic heterocycles. The molecule has 2 aliphatic rings. The second-order valence-corrected chi connectivity index (χ2v) is 10.4. The summed E-state index contributed by atoms with van der Waals surface area (Å²) in [4.78, 5) is 41.8. The summed E-state index contributed by atoms with van der Waals surface area (Å²) >= 11 is 0. The van der Waals surface area contributed by atoms with Gasteiger partial charge in [-0.3, -0.25) is 9.89 Å². The van der Waals surface area contributed by atoms with Crippen molar-refractivity contribution in [2.75, 3.05) is 25.0 Å². The van der Waals surface area contributed by atoms with Gasteiger partial charge in [0.15, 0.2) is 0 Å². The number of likely N-dealkylation sites (tertiary alicyclic amines) is 1. The number of nitrogens with zero attached hydrogens (tertiary/aromatic N) is 3. The summed E-state index contributed by atoms with van der Waals surface area (Å²) in [5.41, 5.74) is 3.92. The van der Waals surface area contributed by atoms with E-state index in [4.69, 9.17) is 4.74 Å². The first-order valence-corrected chi connectivity index (χ1v) is 13.2. The number of piperidine rings is 1. The van der Waals surface area contributed by atoms with Gasteiger partial charge >= 0.3 is 18.0 Å². The minimum atomic E-state index is -0.517. The molecule has 10 nitrogen and oxygen atoms in total. The molecule has 3 heterocycles. The van der Waals surface area contributed by atoms with Crippen molar-refractivity contribution in [3.05, 3.63) is 53.7 Å². The van der Waals surface area contributed by atoms with Gasteiger partial charge in [0.2, 0.25) is 0 Å². The van der Waals surface area contributed by atoms with Crippen molar-refractivity contribution in [1.29, 1.82) is 0 Å². The lowest BCUT2D eigenvalue weighted by Crippen LogP contribution is -2.53. The average molecular weight is 519 g/mol. The number of para-hydroxylation sites is 1. The Morgan fingerprint density at radius 3 is 2.68 bits per heavy atom. The van der Waals surface area contributed by atoms with E-state index < -0.39 is 11.9 Å². The lowest BCUT2D eigenvalue weighted by atomic mass is 10.0. The number of hydrogen-bond donors (Lipinski definition) is 3. The largest absolute Gasteiger partial charge is 0.426 e. The molecule has 0 bridgehead atoms. The number of nitrogens with one attached hydrogen (secondary N) is 3. The normalized spacial score (nSPS) is 16.8. The summed E-state index contributed by atoms with van der Waals surface area (Å²) in [7, 11) is 0. The van der Waals surface area contributed by atoms with Gasteiger partial charge in [0, 0.05) is 43.3 Å². The number of aromatic amines is 1. The number of urea groups is 2. The van der Waals surface area contributed by atoms with E-state index in [1.807, 2.05) is 35.2 Å². The van der Waals surface area contributed by atoms with E-state index in [2.05, 4.69) is 34.7 Å². The van der Waals surface area contributed by atoms with Crippen molar-refractivity contribution < 1.29 is 19.1 Å². The highest BCUT2D eigenvalue weighted by Gasteiger charge is 2.32. The molecule has 3 aromatic rings. The molecule has 2 aliphatic heterocycles. The minimum absolute atomic E-state index is 0.0737. The number of H-pyrrole nitrogens is 1. The zero-order valence-corrected chi connectivity index (χ0v) is 22.0. The van der Waals surface area contributed by atoms with Crippen molar-refractivity contribution in [3.63, 3.8) is 0 Å². The van der Waals surface area contributed by atoms with Crippen molar-refractivity contribution in [1.82, 2.24) is 25.3 Å². The van der Waals surface area contributed by atoms with E-state index >= 15 is 0 Å². The molecule has 1 unspecified atom stereocenters. The number of ether oxygens (including phenoxy) is 1. The maximum Gasteiger partial charge on any atom is 0.322 e. The molecule has 200 valence electrons. The number of carbonyl (C=O) groups is 3. The fourth-order valence-corrected chi connectivity index (χ4v) is 5.12. The monoisotopic (exact) mass is 518 g/mol. The number of anilines is 1. The summed E-state index contributed by atoms with van der Waals surface area (Å²) in [6.45, 7) is 7.72. The smallest absolute Gasteiger partial charge is 0.322 e. The Hall–Kier alpha value is -4.08. The fraction of sp³-hybridized carbons (Fsp3) is 0.429. The molecule has 1 fully saturated rings. The van der Waals surface area contributed by atoms with Gasteiger partial charge in [-0.05, 0) is 48.1 Å². The van der Waals surface area contributed by atoms with Gasteiger partial charge < -0.3 is 25.2 Å². The number of esters is 1. The number of aromatic nitrogens is 2. The first-order valence-electron chi connectivity index (χ1n) is 13.2. The van der Waals surface area contributed by atoms with Crippen LogP contribution in [0.2, 0.25) is 0 Å². The highest BCUT2D eigenvalue weighted by atomic mass is 16.5. The molecule has 0 saturated carbocycles. The third-order valence-corrected chi connectivity index (χ3v) is 7.41. The van der Waals surface area contributed by atoms with Crippen molar-refractivity contribution in [2.45, 2.75) is 52.1 Å². The van der Waals surface area contributed by atoms with Crippen molar-refractivity contribution in [3.8, 4) is 5.75 Å². The predicted molar refractivity (Wildman–Crippen MR) is 144 cm³/mol. The Morgan fingerprint density at radius 1 is 1.16 bits per heavy atom. The van der Waals surface area contributed by atoms with Gasteiger partial charge in [-0.25, -0.2) is 9.59 Å². The van der Waals surface area contributed by atoms with E-state index in [1.165, 1.54) is 0 Å². The van der Waals surface area contributed by atoms with Gasteiger partial charge in [0.1, 0.15) is 5.75 Å². The Labute approximate surface area is 221 Å². The first-order chi connectivity index (χ1) is 18.3. The molecule has 0 radical (unpaired) electrons. The molecule has 38 heavy (non-hydrogen) atoms. The summed E-state index contributed by atoms with van der Waals surface area (Å²) < 4.78 is 5.65. The number of benzene rings is 2. The van der Waals surface area contributed by atoms with Gasteiger partial charge in [-0.15, -0.1) is 0 Å². The van der Waals surface area contributed by atoms with E-state index in [1.54, 1.807) is 24.1 Å². The van der Waals surface area contributed by atoms with Crippen LogP contribution in [0.3, 0.4) is 0 Å². The Balaban J connectivity index is 1.10. The SMILES string of the molecule is CC(CNC(=O)N1CCC(N2Cc3ccccc3NC2=O)CC1)C(=O)Oc1cc(C(C)C)c2[nH]ncc2c1. The maximum absolute atomic E-state index is 12.8. The molecule has 0 spiro atoms. The van der Waals surface area contributed by atoms with Crippen LogP contribution in [0.4, 0.5) is 15.3 Å². The van der Waals surface area contributed by atoms with E-state index in [0.29, 0.717) is 38.2 Å². The molecule has 1 atom stereocenters. The van der Waals surface area contributed by atoms with E-state index in [0.717, 1.165) is 27.7 Å². The highest BCUT2D eigenvalue weighted by Crippen LogP contribution is 2.30. The van der Waals surface area contributed by atoms with Crippen molar-refractivity contribution >= 4 is 34.6 Å². The fourth-order valence-electron chi connectivity index (χ4n) is 5.12. The van der Waals surface area contributed by atoms with Crippen LogP contribution in [0.1, 0.15) is 50.7 Å². The van der Waals surface area contributed by atoms with Gasteiger partial charge in [0.25, 0.3) is 0 Å². The van der Waals surface area contributed by atoms with Crippen molar-refractivity contribution in [2.24, 2.45) is 5.92 Å². The number of rotatable bonds is 6. The zero-order valence-electron chi connectivity index (χ0n) is 22.0. The molecule has 2 aromatic carbocycles. The highest BCUT2D eigenvalue weighted by molar-refractivity contribution is 5.92. The molecular formula is C28H34N6O4. The third-order valence-electron chi connectivity index (χ3n) is 7.41. The van der Waals surface area contributed by atoms with Gasteiger partial charge in [0.05, 0.1) is 17.6 Å². The Kier molecular flexibility index (Phi) is 7.22. The van der Waals surface area contributed by atoms with Crippen LogP contribution in [0.5, 0.6) is 5.75 Å². The molecule has 10 heteroatoms. The van der Waals surface area contributed by atoms with Gasteiger partial charge in [-0.2, -0.15) is 5.10 Å². The van der Waals surface area contributed by atoms with Crippen LogP contribution >= 0.6 is 0 Å². The molecule has 4 amide bonds. The number of fused-ring (bicyclic) bond motifs is 2. The topological polar surface area (TPSA) is 120 Å². The van der Waals surface area contributed by atoms with Crippen LogP contribution in [0.25, 0.3) is 10.9 Å².